The first-order chi connectivity index (χ1) is 5.04. The summed E-state index contributed by atoms with van der Waals surface area (Å²) in [7, 11) is 0. The zero-order valence-electron chi connectivity index (χ0n) is 5.47. The van der Waals surface area contributed by atoms with E-state index >= 15 is 0 Å². The zero-order valence-corrected chi connectivity index (χ0v) is 5.47. The van der Waals surface area contributed by atoms with E-state index in [2.05, 4.69) is 5.10 Å². The van der Waals surface area contributed by atoms with Crippen LogP contribution in [0, 0.1) is 0 Å². The summed E-state index contributed by atoms with van der Waals surface area (Å²) < 4.78 is 35.3. The van der Waals surface area contributed by atoms with Crippen molar-refractivity contribution in [1.29, 1.82) is 0 Å². The maximum absolute atomic E-state index is 11.8. The molecule has 62 valence electrons. The average molecular weight is 165 g/mol. The molecule has 0 aromatic carbocycles. The van der Waals surface area contributed by atoms with Gasteiger partial charge in [0.1, 0.15) is 0 Å². The van der Waals surface area contributed by atoms with E-state index in [1.165, 1.54) is 6.07 Å². The van der Waals surface area contributed by atoms with Crippen LogP contribution in [0.4, 0.5) is 13.2 Å². The van der Waals surface area contributed by atoms with Crippen LogP contribution in [0.3, 0.4) is 0 Å². The molecular weight excluding hydrogens is 159 g/mol. The van der Waals surface area contributed by atoms with Crippen LogP contribution < -0.4 is 5.73 Å². The Morgan fingerprint density at radius 1 is 1.55 bits per heavy atom. The maximum Gasteiger partial charge on any atom is 0.504 e. The van der Waals surface area contributed by atoms with Crippen molar-refractivity contribution in [2.45, 2.75) is 12.8 Å². The molecule has 0 saturated carbocycles. The first-order valence-electron chi connectivity index (χ1n) is 2.86. The van der Waals surface area contributed by atoms with Crippen molar-refractivity contribution in [1.82, 2.24) is 9.78 Å². The number of aromatic nitrogens is 2. The summed E-state index contributed by atoms with van der Waals surface area (Å²) in [5.74, 6) is 0. The predicted molar refractivity (Wildman–Crippen MR) is 31.4 cm³/mol. The second-order valence-electron chi connectivity index (χ2n) is 1.92. The van der Waals surface area contributed by atoms with Crippen LogP contribution in [-0.4, -0.2) is 9.78 Å². The minimum Gasteiger partial charge on any atom is -0.325 e. The first-order valence-corrected chi connectivity index (χ1v) is 2.86. The largest absolute Gasteiger partial charge is 0.504 e. The number of alkyl halides is 3. The fourth-order valence-electron chi connectivity index (χ4n) is 0.612. The second-order valence-corrected chi connectivity index (χ2v) is 1.92. The van der Waals surface area contributed by atoms with Crippen LogP contribution in [0.15, 0.2) is 12.3 Å². The van der Waals surface area contributed by atoms with Gasteiger partial charge < -0.3 is 5.73 Å². The molecule has 0 amide bonds. The normalized spacial score (nSPS) is 12.0. The van der Waals surface area contributed by atoms with Crippen LogP contribution in [0.5, 0.6) is 0 Å². The molecule has 1 heterocycles. The lowest BCUT2D eigenvalue weighted by Crippen LogP contribution is -2.17. The van der Waals surface area contributed by atoms with Crippen LogP contribution in [-0.2, 0) is 12.8 Å². The summed E-state index contributed by atoms with van der Waals surface area (Å²) >= 11 is 0. The molecule has 0 aliphatic heterocycles. The lowest BCUT2D eigenvalue weighted by atomic mass is 10.4. The van der Waals surface area contributed by atoms with Crippen LogP contribution in [0.1, 0.15) is 5.69 Å². The SMILES string of the molecule is NCc1ccn(C(F)(F)F)n1. The number of nitrogens with two attached hydrogens (primary N) is 1. The molecule has 6 heteroatoms. The van der Waals surface area contributed by atoms with Gasteiger partial charge >= 0.3 is 6.30 Å². The molecule has 11 heavy (non-hydrogen) atoms. The molecular formula is C5H6F3N3. The molecule has 0 bridgehead atoms. The van der Waals surface area contributed by atoms with E-state index in [9.17, 15) is 13.2 Å². The minimum absolute atomic E-state index is 0.0169. The van der Waals surface area contributed by atoms with E-state index in [-0.39, 0.29) is 16.9 Å². The van der Waals surface area contributed by atoms with Crippen molar-refractivity contribution in [3.05, 3.63) is 18.0 Å². The second kappa shape index (κ2) is 2.54. The van der Waals surface area contributed by atoms with Gasteiger partial charge in [-0.05, 0) is 6.07 Å². The van der Waals surface area contributed by atoms with E-state index in [4.69, 9.17) is 5.73 Å². The van der Waals surface area contributed by atoms with E-state index in [0.717, 1.165) is 6.20 Å². The Balaban J connectivity index is 2.89. The monoisotopic (exact) mass is 165 g/mol. The number of hydrogen-bond donors (Lipinski definition) is 1. The van der Waals surface area contributed by atoms with Crippen LogP contribution in [0.25, 0.3) is 0 Å². The highest BCUT2D eigenvalue weighted by molar-refractivity contribution is 4.98. The molecule has 3 nitrogen and oxygen atoms in total. The highest BCUT2D eigenvalue weighted by atomic mass is 19.4. The van der Waals surface area contributed by atoms with Crippen LogP contribution in [0.2, 0.25) is 0 Å². The van der Waals surface area contributed by atoms with Gasteiger partial charge in [0.25, 0.3) is 0 Å². The van der Waals surface area contributed by atoms with Gasteiger partial charge in [-0.2, -0.15) is 9.78 Å². The summed E-state index contributed by atoms with van der Waals surface area (Å²) in [6.07, 6.45) is -3.60. The van der Waals surface area contributed by atoms with Crippen molar-refractivity contribution in [2.75, 3.05) is 0 Å². The summed E-state index contributed by atoms with van der Waals surface area (Å²) in [4.78, 5) is 0. The lowest BCUT2D eigenvalue weighted by molar-refractivity contribution is -0.212. The molecule has 1 aromatic heterocycles. The van der Waals surface area contributed by atoms with Gasteiger partial charge in [0, 0.05) is 12.7 Å². The number of hydrogen-bond acceptors (Lipinski definition) is 2. The molecule has 1 aromatic rings. The molecule has 0 atom stereocenters. The number of nitrogens with zero attached hydrogens (tertiary/aromatic N) is 2. The van der Waals surface area contributed by atoms with Gasteiger partial charge in [-0.1, -0.05) is 0 Å². The molecule has 0 fully saturated rings. The highest BCUT2D eigenvalue weighted by Gasteiger charge is 2.31. The van der Waals surface area contributed by atoms with E-state index in [1.54, 1.807) is 0 Å². The Morgan fingerprint density at radius 3 is 2.45 bits per heavy atom. The Morgan fingerprint density at radius 2 is 2.18 bits per heavy atom. The molecule has 0 aliphatic rings. The number of halogens is 3. The van der Waals surface area contributed by atoms with E-state index in [0.29, 0.717) is 0 Å². The topological polar surface area (TPSA) is 43.8 Å². The van der Waals surface area contributed by atoms with Gasteiger partial charge in [-0.15, -0.1) is 13.2 Å². The fourth-order valence-corrected chi connectivity index (χ4v) is 0.612. The van der Waals surface area contributed by atoms with Crippen molar-refractivity contribution < 1.29 is 13.2 Å². The molecule has 0 radical (unpaired) electrons. The van der Waals surface area contributed by atoms with Gasteiger partial charge in [-0.3, -0.25) is 0 Å². The maximum atomic E-state index is 11.8. The van der Waals surface area contributed by atoms with E-state index < -0.39 is 6.30 Å². The minimum atomic E-state index is -4.44. The molecule has 0 unspecified atom stereocenters. The zero-order chi connectivity index (χ0) is 8.48. The third kappa shape index (κ3) is 1.70. The summed E-state index contributed by atoms with van der Waals surface area (Å²) in [6.45, 7) is 0.0169. The Labute approximate surface area is 60.6 Å². The first kappa shape index (κ1) is 8.06. The standard InChI is InChI=1S/C5H6F3N3/c6-5(7,8)11-2-1-4(3-9)10-11/h1-2H,3,9H2. The smallest absolute Gasteiger partial charge is 0.325 e. The summed E-state index contributed by atoms with van der Waals surface area (Å²) in [6, 6.07) is 1.23. The molecule has 0 aliphatic carbocycles. The highest BCUT2D eigenvalue weighted by Crippen LogP contribution is 2.20. The van der Waals surface area contributed by atoms with Gasteiger partial charge in [-0.25, -0.2) is 0 Å². The van der Waals surface area contributed by atoms with Crippen molar-refractivity contribution in [3.63, 3.8) is 0 Å². The predicted octanol–water partition coefficient (Wildman–Crippen LogP) is 0.818. The molecule has 2 N–H and O–H groups in total. The van der Waals surface area contributed by atoms with Crippen molar-refractivity contribution in [3.8, 4) is 0 Å². The third-order valence-electron chi connectivity index (χ3n) is 1.11. The molecule has 1 rings (SSSR count). The number of rotatable bonds is 1. The Hall–Kier alpha value is -1.04. The van der Waals surface area contributed by atoms with Gasteiger partial charge in [0.15, 0.2) is 0 Å². The van der Waals surface area contributed by atoms with Gasteiger partial charge in [0.2, 0.25) is 0 Å². The average Bonchev–Trinajstić information content (AvgIpc) is 2.32. The molecule has 0 saturated heterocycles. The quantitative estimate of drug-likeness (QED) is 0.669. The molecule has 0 spiro atoms. The van der Waals surface area contributed by atoms with Gasteiger partial charge in [0.05, 0.1) is 5.69 Å². The lowest BCUT2D eigenvalue weighted by Gasteiger charge is -2.03. The summed E-state index contributed by atoms with van der Waals surface area (Å²) in [5.41, 5.74) is 5.29. The Kier molecular flexibility index (Phi) is 1.86. The van der Waals surface area contributed by atoms with Crippen LogP contribution >= 0.6 is 0 Å². The van der Waals surface area contributed by atoms with E-state index in [1.807, 2.05) is 0 Å². The Bertz CT molecular complexity index is 239. The van der Waals surface area contributed by atoms with Crippen molar-refractivity contribution >= 4 is 0 Å². The fraction of sp³-hybridized carbons (Fsp3) is 0.400. The summed E-state index contributed by atoms with van der Waals surface area (Å²) in [5, 5.41) is 3.17. The van der Waals surface area contributed by atoms with Crippen molar-refractivity contribution in [2.24, 2.45) is 5.73 Å². The third-order valence-corrected chi connectivity index (χ3v) is 1.11.